The van der Waals surface area contributed by atoms with Crippen molar-refractivity contribution in [2.75, 3.05) is 33.2 Å². The summed E-state index contributed by atoms with van der Waals surface area (Å²) >= 11 is 0. The fourth-order valence-corrected chi connectivity index (χ4v) is 2.92. The Morgan fingerprint density at radius 3 is 2.50 bits per heavy atom. The van der Waals surface area contributed by atoms with Crippen LogP contribution in [0.25, 0.3) is 0 Å². The average molecular weight is 197 g/mol. The zero-order valence-electron chi connectivity index (χ0n) is 9.28. The first-order valence-electron chi connectivity index (χ1n) is 5.95. The van der Waals surface area contributed by atoms with Gasteiger partial charge in [0, 0.05) is 18.6 Å². The van der Waals surface area contributed by atoms with E-state index in [4.69, 9.17) is 5.73 Å². The van der Waals surface area contributed by atoms with E-state index in [-0.39, 0.29) is 0 Å². The van der Waals surface area contributed by atoms with Crippen LogP contribution in [-0.2, 0) is 0 Å². The van der Waals surface area contributed by atoms with Gasteiger partial charge in [-0.3, -0.25) is 4.90 Å². The molecule has 3 heteroatoms. The van der Waals surface area contributed by atoms with Crippen molar-refractivity contribution >= 4 is 0 Å². The minimum absolute atomic E-state index is 0.684. The third-order valence-electron chi connectivity index (χ3n) is 3.85. The van der Waals surface area contributed by atoms with Crippen LogP contribution < -0.4 is 5.73 Å². The SMILES string of the molecule is CN1CCC(N2CCCC2CN)CC1. The Hall–Kier alpha value is -0.120. The van der Waals surface area contributed by atoms with E-state index in [1.54, 1.807) is 0 Å². The van der Waals surface area contributed by atoms with E-state index in [2.05, 4.69) is 16.8 Å². The number of hydrogen-bond acceptors (Lipinski definition) is 3. The highest BCUT2D eigenvalue weighted by atomic mass is 15.2. The molecule has 82 valence electrons. The third kappa shape index (κ3) is 2.10. The molecule has 2 heterocycles. The van der Waals surface area contributed by atoms with Gasteiger partial charge < -0.3 is 10.6 Å². The molecule has 3 nitrogen and oxygen atoms in total. The maximum Gasteiger partial charge on any atom is 0.0221 e. The first-order valence-corrected chi connectivity index (χ1v) is 5.95. The molecule has 2 aliphatic rings. The summed E-state index contributed by atoms with van der Waals surface area (Å²) in [4.78, 5) is 5.11. The predicted octanol–water partition coefficient (Wildman–Crippen LogP) is 0.504. The summed E-state index contributed by atoms with van der Waals surface area (Å²) in [6.07, 6.45) is 5.36. The number of likely N-dealkylation sites (tertiary alicyclic amines) is 2. The van der Waals surface area contributed by atoms with Crippen LogP contribution >= 0.6 is 0 Å². The van der Waals surface area contributed by atoms with Gasteiger partial charge in [0.1, 0.15) is 0 Å². The van der Waals surface area contributed by atoms with Gasteiger partial charge in [-0.25, -0.2) is 0 Å². The van der Waals surface area contributed by atoms with Crippen LogP contribution in [-0.4, -0.2) is 55.1 Å². The van der Waals surface area contributed by atoms with Crippen molar-refractivity contribution in [1.82, 2.24) is 9.80 Å². The molecule has 1 atom stereocenters. The summed E-state index contributed by atoms with van der Waals surface area (Å²) in [7, 11) is 2.22. The van der Waals surface area contributed by atoms with Crippen LogP contribution in [0.4, 0.5) is 0 Å². The van der Waals surface area contributed by atoms with Gasteiger partial charge in [0.25, 0.3) is 0 Å². The lowest BCUT2D eigenvalue weighted by Crippen LogP contribution is -2.47. The Morgan fingerprint density at radius 1 is 1.14 bits per heavy atom. The second kappa shape index (κ2) is 4.60. The summed E-state index contributed by atoms with van der Waals surface area (Å²) in [5.41, 5.74) is 5.81. The molecule has 2 aliphatic heterocycles. The molecule has 0 aromatic carbocycles. The van der Waals surface area contributed by atoms with E-state index >= 15 is 0 Å². The highest BCUT2D eigenvalue weighted by molar-refractivity contribution is 4.87. The van der Waals surface area contributed by atoms with Crippen LogP contribution in [0, 0.1) is 0 Å². The van der Waals surface area contributed by atoms with E-state index in [1.807, 2.05) is 0 Å². The molecule has 0 aromatic rings. The Morgan fingerprint density at radius 2 is 1.86 bits per heavy atom. The molecule has 2 saturated heterocycles. The van der Waals surface area contributed by atoms with E-state index in [9.17, 15) is 0 Å². The minimum atomic E-state index is 0.684. The third-order valence-corrected chi connectivity index (χ3v) is 3.85. The van der Waals surface area contributed by atoms with Crippen molar-refractivity contribution in [3.8, 4) is 0 Å². The van der Waals surface area contributed by atoms with E-state index < -0.39 is 0 Å². The van der Waals surface area contributed by atoms with Gasteiger partial charge in [0.2, 0.25) is 0 Å². The lowest BCUT2D eigenvalue weighted by atomic mass is 10.0. The van der Waals surface area contributed by atoms with Crippen molar-refractivity contribution in [1.29, 1.82) is 0 Å². The largest absolute Gasteiger partial charge is 0.329 e. The summed E-state index contributed by atoms with van der Waals surface area (Å²) in [5.74, 6) is 0. The van der Waals surface area contributed by atoms with Crippen LogP contribution in [0.2, 0.25) is 0 Å². The van der Waals surface area contributed by atoms with Gasteiger partial charge in [-0.1, -0.05) is 0 Å². The molecule has 2 N–H and O–H groups in total. The predicted molar refractivity (Wildman–Crippen MR) is 59.3 cm³/mol. The molecule has 0 spiro atoms. The zero-order valence-corrected chi connectivity index (χ0v) is 9.28. The topological polar surface area (TPSA) is 32.5 Å². The molecule has 0 bridgehead atoms. The van der Waals surface area contributed by atoms with Gasteiger partial charge in [-0.2, -0.15) is 0 Å². The lowest BCUT2D eigenvalue weighted by molar-refractivity contribution is 0.113. The molecule has 0 saturated carbocycles. The number of nitrogens with zero attached hydrogens (tertiary/aromatic N) is 2. The fourth-order valence-electron chi connectivity index (χ4n) is 2.92. The Kier molecular flexibility index (Phi) is 3.42. The van der Waals surface area contributed by atoms with Crippen LogP contribution in [0.1, 0.15) is 25.7 Å². The number of rotatable bonds is 2. The van der Waals surface area contributed by atoms with Gasteiger partial charge in [0.05, 0.1) is 0 Å². The van der Waals surface area contributed by atoms with Crippen molar-refractivity contribution in [3.63, 3.8) is 0 Å². The van der Waals surface area contributed by atoms with Gasteiger partial charge in [-0.15, -0.1) is 0 Å². The zero-order chi connectivity index (χ0) is 9.97. The first-order chi connectivity index (χ1) is 6.81. The van der Waals surface area contributed by atoms with E-state index in [0.29, 0.717) is 6.04 Å². The summed E-state index contributed by atoms with van der Waals surface area (Å²) < 4.78 is 0. The Labute approximate surface area is 87.2 Å². The summed E-state index contributed by atoms with van der Waals surface area (Å²) in [6.45, 7) is 4.67. The molecule has 2 rings (SSSR count). The Balaban J connectivity index is 1.88. The number of piperidine rings is 1. The first kappa shape index (κ1) is 10.4. The normalized spacial score (nSPS) is 32.6. The van der Waals surface area contributed by atoms with Crippen LogP contribution in [0.3, 0.4) is 0 Å². The number of nitrogens with two attached hydrogens (primary N) is 1. The highest BCUT2D eigenvalue weighted by Gasteiger charge is 2.31. The van der Waals surface area contributed by atoms with Gasteiger partial charge >= 0.3 is 0 Å². The molecule has 0 aromatic heterocycles. The molecule has 0 radical (unpaired) electrons. The average Bonchev–Trinajstić information content (AvgIpc) is 2.67. The quantitative estimate of drug-likeness (QED) is 0.700. The summed E-state index contributed by atoms with van der Waals surface area (Å²) in [5, 5.41) is 0. The maximum atomic E-state index is 5.81. The maximum absolute atomic E-state index is 5.81. The standard InChI is InChI=1S/C11H23N3/c1-13-7-4-10(5-8-13)14-6-2-3-11(14)9-12/h10-11H,2-9,12H2,1H3. The molecule has 0 amide bonds. The minimum Gasteiger partial charge on any atom is -0.329 e. The Bertz CT molecular complexity index is 175. The molecule has 14 heavy (non-hydrogen) atoms. The van der Waals surface area contributed by atoms with E-state index in [0.717, 1.165) is 12.6 Å². The van der Waals surface area contributed by atoms with Crippen molar-refractivity contribution in [3.05, 3.63) is 0 Å². The monoisotopic (exact) mass is 197 g/mol. The van der Waals surface area contributed by atoms with Gasteiger partial charge in [-0.05, 0) is 52.4 Å². The fraction of sp³-hybridized carbons (Fsp3) is 1.00. The molecular formula is C11H23N3. The van der Waals surface area contributed by atoms with Crippen molar-refractivity contribution in [2.24, 2.45) is 5.73 Å². The van der Waals surface area contributed by atoms with Crippen molar-refractivity contribution in [2.45, 2.75) is 37.8 Å². The van der Waals surface area contributed by atoms with Crippen LogP contribution in [0.5, 0.6) is 0 Å². The molecule has 0 aliphatic carbocycles. The van der Waals surface area contributed by atoms with Crippen molar-refractivity contribution < 1.29 is 0 Å². The highest BCUT2D eigenvalue weighted by Crippen LogP contribution is 2.24. The lowest BCUT2D eigenvalue weighted by Gasteiger charge is -2.38. The second-order valence-electron chi connectivity index (χ2n) is 4.80. The van der Waals surface area contributed by atoms with E-state index in [1.165, 1.54) is 45.3 Å². The number of hydrogen-bond donors (Lipinski definition) is 1. The molecule has 2 fully saturated rings. The van der Waals surface area contributed by atoms with Crippen LogP contribution in [0.15, 0.2) is 0 Å². The summed E-state index contributed by atoms with van der Waals surface area (Å²) in [6, 6.07) is 1.51. The molecular weight excluding hydrogens is 174 g/mol. The van der Waals surface area contributed by atoms with Gasteiger partial charge in [0.15, 0.2) is 0 Å². The smallest absolute Gasteiger partial charge is 0.0221 e. The second-order valence-corrected chi connectivity index (χ2v) is 4.80. The molecule has 1 unspecified atom stereocenters.